The molecule has 3 rings (SSSR count). The lowest BCUT2D eigenvalue weighted by Crippen LogP contribution is -2.13. The van der Waals surface area contributed by atoms with Crippen LogP contribution in [0.25, 0.3) is 0 Å². The molecule has 3 aromatic rings. The van der Waals surface area contributed by atoms with Gasteiger partial charge in [-0.3, -0.25) is 0 Å². The number of aliphatic imine (C=N–C) groups is 1. The Balaban J connectivity index is 1.84. The second-order valence-electron chi connectivity index (χ2n) is 7.70. The molecule has 0 aliphatic heterocycles. The monoisotopic (exact) mass is 496 g/mol. The zero-order valence-electron chi connectivity index (χ0n) is 19.3. The maximum atomic E-state index is 11.4. The zero-order chi connectivity index (χ0) is 24.7. The van der Waals surface area contributed by atoms with Gasteiger partial charge in [0.2, 0.25) is 0 Å². The molecule has 0 spiro atoms. The van der Waals surface area contributed by atoms with Gasteiger partial charge in [0.25, 0.3) is 0 Å². The Morgan fingerprint density at radius 1 is 0.941 bits per heavy atom. The maximum Gasteiger partial charge on any atom is 0.306 e. The van der Waals surface area contributed by atoms with Gasteiger partial charge >= 0.3 is 10.1 Å². The molecule has 0 aliphatic carbocycles. The molecule has 0 saturated heterocycles. The molecule has 0 heterocycles. The fourth-order valence-electron chi connectivity index (χ4n) is 3.03. The minimum Gasteiger partial charge on any atom is -0.383 e. The van der Waals surface area contributed by atoms with Crippen molar-refractivity contribution in [1.29, 1.82) is 0 Å². The topological polar surface area (TPSA) is 83.7 Å². The molecule has 9 heteroatoms. The van der Waals surface area contributed by atoms with Crippen LogP contribution < -0.4 is 4.18 Å². The summed E-state index contributed by atoms with van der Waals surface area (Å²) in [7, 11) is -1.80. The summed E-state index contributed by atoms with van der Waals surface area (Å²) in [5.41, 5.74) is 5.27. The first-order chi connectivity index (χ1) is 16.1. The third kappa shape index (κ3) is 7.54. The van der Waals surface area contributed by atoms with Crippen LogP contribution in [-0.4, -0.2) is 45.0 Å². The lowest BCUT2D eigenvalue weighted by molar-refractivity contribution is 0.493. The fraction of sp³-hybridized carbons (Fsp3) is 0.160. The minimum atomic E-state index is -3.61. The summed E-state index contributed by atoms with van der Waals surface area (Å²) in [6.07, 6.45) is 4.20. The highest BCUT2D eigenvalue weighted by atomic mass is 35.5. The highest BCUT2D eigenvalue weighted by Crippen LogP contribution is 2.20. The van der Waals surface area contributed by atoms with Gasteiger partial charge in [-0.05, 0) is 61.9 Å². The first-order valence-corrected chi connectivity index (χ1v) is 12.5. The van der Waals surface area contributed by atoms with Crippen molar-refractivity contribution in [3.63, 3.8) is 0 Å². The van der Waals surface area contributed by atoms with E-state index >= 15 is 0 Å². The van der Waals surface area contributed by atoms with Gasteiger partial charge in [-0.25, -0.2) is 4.99 Å². The molecule has 0 unspecified atom stereocenters. The molecule has 0 bridgehead atoms. The number of benzene rings is 3. The summed E-state index contributed by atoms with van der Waals surface area (Å²) in [4.78, 5) is 6.19. The van der Waals surface area contributed by atoms with Gasteiger partial charge in [-0.15, -0.1) is 10.2 Å². The average molecular weight is 497 g/mol. The van der Waals surface area contributed by atoms with E-state index in [1.807, 2.05) is 45.2 Å². The van der Waals surface area contributed by atoms with Crippen LogP contribution in [0.3, 0.4) is 0 Å². The van der Waals surface area contributed by atoms with Crippen LogP contribution >= 0.6 is 11.6 Å². The van der Waals surface area contributed by atoms with E-state index in [1.54, 1.807) is 54.0 Å². The first kappa shape index (κ1) is 25.1. The van der Waals surface area contributed by atoms with Crippen molar-refractivity contribution in [3.05, 3.63) is 94.0 Å². The molecule has 34 heavy (non-hydrogen) atoms. The van der Waals surface area contributed by atoms with E-state index in [2.05, 4.69) is 21.3 Å². The third-order valence-corrected chi connectivity index (χ3v) is 5.36. The van der Waals surface area contributed by atoms with Gasteiger partial charge in [-0.2, -0.15) is 8.42 Å². The lowest BCUT2D eigenvalue weighted by atomic mass is 10.0. The molecular formula is C25H25ClN4O3S. The first-order valence-electron chi connectivity index (χ1n) is 10.3. The van der Waals surface area contributed by atoms with Crippen molar-refractivity contribution in [2.75, 3.05) is 13.3 Å². The van der Waals surface area contributed by atoms with E-state index in [1.165, 1.54) is 5.56 Å². The average Bonchev–Trinajstić information content (AvgIpc) is 2.77. The molecule has 0 fully saturated rings. The van der Waals surface area contributed by atoms with Crippen molar-refractivity contribution in [2.45, 2.75) is 13.8 Å². The highest BCUT2D eigenvalue weighted by Gasteiger charge is 2.10. The van der Waals surface area contributed by atoms with Crippen molar-refractivity contribution in [3.8, 4) is 5.75 Å². The van der Waals surface area contributed by atoms with E-state index < -0.39 is 10.1 Å². The molecule has 3 aromatic carbocycles. The molecule has 7 nitrogen and oxygen atoms in total. The van der Waals surface area contributed by atoms with Crippen LogP contribution in [0, 0.1) is 13.8 Å². The van der Waals surface area contributed by atoms with E-state index in [-0.39, 0.29) is 5.75 Å². The van der Waals surface area contributed by atoms with Crippen LogP contribution in [0.2, 0.25) is 5.02 Å². The fourth-order valence-corrected chi connectivity index (χ4v) is 3.62. The molecule has 0 atom stereocenters. The minimum absolute atomic E-state index is 0.215. The van der Waals surface area contributed by atoms with Crippen LogP contribution in [0.15, 0.2) is 81.9 Å². The van der Waals surface area contributed by atoms with Gasteiger partial charge < -0.3 is 9.08 Å². The Labute approximate surface area is 205 Å². The number of hydrogen-bond donors (Lipinski definition) is 0. The van der Waals surface area contributed by atoms with Crippen LogP contribution in [0.4, 0.5) is 5.69 Å². The van der Waals surface area contributed by atoms with Crippen molar-refractivity contribution in [2.24, 2.45) is 15.2 Å². The molecule has 0 N–H and O–H groups in total. The second kappa shape index (κ2) is 11.1. The molecular weight excluding hydrogens is 472 g/mol. The molecule has 176 valence electrons. The summed E-state index contributed by atoms with van der Waals surface area (Å²) in [5.74, 6) is 0.215. The highest BCUT2D eigenvalue weighted by molar-refractivity contribution is 7.86. The molecule has 0 aromatic heterocycles. The van der Waals surface area contributed by atoms with Crippen LogP contribution in [0.5, 0.6) is 5.75 Å². The van der Waals surface area contributed by atoms with Crippen molar-refractivity contribution >= 4 is 45.8 Å². The van der Waals surface area contributed by atoms with Crippen LogP contribution in [-0.2, 0) is 10.1 Å². The Kier molecular flexibility index (Phi) is 8.20. The van der Waals surface area contributed by atoms with E-state index in [9.17, 15) is 8.42 Å². The quantitative estimate of drug-likeness (QED) is 0.182. The number of aryl methyl sites for hydroxylation is 2. The number of halogens is 1. The summed E-state index contributed by atoms with van der Waals surface area (Å²) < 4.78 is 27.6. The number of rotatable bonds is 8. The van der Waals surface area contributed by atoms with Crippen molar-refractivity contribution in [1.82, 2.24) is 4.90 Å². The Hall–Kier alpha value is -3.49. The lowest BCUT2D eigenvalue weighted by Gasteiger charge is -2.08. The zero-order valence-corrected chi connectivity index (χ0v) is 20.9. The van der Waals surface area contributed by atoms with Crippen molar-refractivity contribution < 1.29 is 12.6 Å². The predicted octanol–water partition coefficient (Wildman–Crippen LogP) is 5.37. The normalized spacial score (nSPS) is 12.4. The van der Waals surface area contributed by atoms with Gasteiger partial charge in [0.1, 0.15) is 17.8 Å². The molecule has 0 amide bonds. The van der Waals surface area contributed by atoms with Gasteiger partial charge in [0.15, 0.2) is 0 Å². The maximum absolute atomic E-state index is 11.4. The Morgan fingerprint density at radius 3 is 2.15 bits per heavy atom. The Morgan fingerprint density at radius 2 is 1.56 bits per heavy atom. The predicted molar refractivity (Wildman–Crippen MR) is 139 cm³/mol. The molecule has 0 aliphatic rings. The largest absolute Gasteiger partial charge is 0.383 e. The van der Waals surface area contributed by atoms with Crippen LogP contribution in [0.1, 0.15) is 22.3 Å². The van der Waals surface area contributed by atoms with Gasteiger partial charge in [0, 0.05) is 23.2 Å². The Bertz CT molecular complexity index is 1330. The van der Waals surface area contributed by atoms with E-state index in [0.717, 1.165) is 28.6 Å². The third-order valence-electron chi connectivity index (χ3n) is 4.62. The summed E-state index contributed by atoms with van der Waals surface area (Å²) in [6, 6.07) is 19.8. The SMILES string of the molecule is Cc1ccc(N=CN(C)C=NN=C(c2ccc(Cl)cc2)c2ccc(OS(C)(=O)=O)cc2)c(C)c1. The molecule has 0 radical (unpaired) electrons. The second-order valence-corrected chi connectivity index (χ2v) is 9.71. The smallest absolute Gasteiger partial charge is 0.306 e. The van der Waals surface area contributed by atoms with E-state index in [0.29, 0.717) is 10.7 Å². The van der Waals surface area contributed by atoms with E-state index in [4.69, 9.17) is 15.8 Å². The standard InChI is InChI=1S/C25H25ClN4O3S/c1-18-5-14-24(19(2)15-18)27-16-30(3)17-28-29-25(20-6-10-22(26)11-7-20)21-8-12-23(13-9-21)33-34(4,31)32/h5-17H,1-4H3. The number of hydrogen-bond acceptors (Lipinski definition) is 6. The van der Waals surface area contributed by atoms with Gasteiger partial charge in [-0.1, -0.05) is 41.4 Å². The van der Waals surface area contributed by atoms with Gasteiger partial charge in [0.05, 0.1) is 18.3 Å². The molecule has 0 saturated carbocycles. The summed E-state index contributed by atoms with van der Waals surface area (Å²) in [5, 5.41) is 9.22. The number of nitrogens with zero attached hydrogens (tertiary/aromatic N) is 4. The summed E-state index contributed by atoms with van der Waals surface area (Å²) >= 11 is 6.03. The summed E-state index contributed by atoms with van der Waals surface area (Å²) in [6.45, 7) is 4.06.